The Bertz CT molecular complexity index is 936. The molecule has 0 unspecified atom stereocenters. The predicted octanol–water partition coefficient (Wildman–Crippen LogP) is 2.03. The van der Waals surface area contributed by atoms with E-state index in [-0.39, 0.29) is 29.8 Å². The molecule has 3 atom stereocenters. The molecule has 32 heavy (non-hydrogen) atoms. The number of aliphatic hydroxyl groups excluding tert-OH is 1. The number of aliphatic hydroxyl groups is 1. The average molecular weight is 462 g/mol. The Hall–Kier alpha value is -2.26. The van der Waals surface area contributed by atoms with Crippen LogP contribution in [0.5, 0.6) is 0 Å². The lowest BCUT2D eigenvalue weighted by Gasteiger charge is -2.31. The summed E-state index contributed by atoms with van der Waals surface area (Å²) in [6.07, 6.45) is -0.717. The predicted molar refractivity (Wildman–Crippen MR) is 127 cm³/mol. The highest BCUT2D eigenvalue weighted by atomic mass is 32.2. The van der Waals surface area contributed by atoms with Crippen molar-refractivity contribution in [1.29, 1.82) is 0 Å². The molecule has 176 valence electrons. The minimum absolute atomic E-state index is 0.0622. The van der Waals surface area contributed by atoms with Crippen LogP contribution in [0.25, 0.3) is 0 Å². The van der Waals surface area contributed by atoms with Crippen LogP contribution in [0.3, 0.4) is 0 Å². The standard InChI is InChI=1S/C24H35N3O4S/c1-18(2)16-27(32(30,31)21-13-9-6-10-14-21)17-23(28)22(26-24(29)19(3)25-4)15-20-11-7-5-8-12-20/h5-14,18-19,22-23,25,28H,15-17H2,1-4H3,(H,26,29)/t19-,22-,23+/m0/s1. The van der Waals surface area contributed by atoms with Crippen molar-refractivity contribution in [2.75, 3.05) is 20.1 Å². The molecule has 0 saturated carbocycles. The number of sulfonamides is 1. The van der Waals surface area contributed by atoms with Crippen LogP contribution in [-0.4, -0.2) is 62.1 Å². The number of rotatable bonds is 12. The highest BCUT2D eigenvalue weighted by Crippen LogP contribution is 2.19. The van der Waals surface area contributed by atoms with Gasteiger partial charge in [0, 0.05) is 13.1 Å². The van der Waals surface area contributed by atoms with Crippen LogP contribution in [0.4, 0.5) is 0 Å². The molecule has 2 aromatic carbocycles. The monoisotopic (exact) mass is 461 g/mol. The maximum Gasteiger partial charge on any atom is 0.243 e. The Balaban J connectivity index is 2.29. The molecule has 0 aliphatic rings. The molecule has 0 bridgehead atoms. The third kappa shape index (κ3) is 7.41. The van der Waals surface area contributed by atoms with E-state index in [2.05, 4.69) is 10.6 Å². The molecular weight excluding hydrogens is 426 g/mol. The van der Waals surface area contributed by atoms with Gasteiger partial charge in [-0.1, -0.05) is 62.4 Å². The number of carbonyl (C=O) groups excluding carboxylic acids is 1. The van der Waals surface area contributed by atoms with Crippen molar-refractivity contribution in [2.24, 2.45) is 5.92 Å². The summed E-state index contributed by atoms with van der Waals surface area (Å²) in [4.78, 5) is 12.7. The Kier molecular flexibility index (Phi) is 9.84. The van der Waals surface area contributed by atoms with Crippen molar-refractivity contribution in [3.63, 3.8) is 0 Å². The molecule has 0 aliphatic carbocycles. The number of benzene rings is 2. The van der Waals surface area contributed by atoms with Gasteiger partial charge in [-0.2, -0.15) is 4.31 Å². The van der Waals surface area contributed by atoms with Crippen molar-refractivity contribution < 1.29 is 18.3 Å². The molecule has 7 nitrogen and oxygen atoms in total. The van der Waals surface area contributed by atoms with Crippen molar-refractivity contribution in [2.45, 2.75) is 50.3 Å². The minimum Gasteiger partial charge on any atom is -0.390 e. The lowest BCUT2D eigenvalue weighted by atomic mass is 10.0. The molecule has 2 aromatic rings. The third-order valence-electron chi connectivity index (χ3n) is 5.26. The first kappa shape index (κ1) is 26.0. The molecule has 0 radical (unpaired) electrons. The Morgan fingerprint density at radius 1 is 0.969 bits per heavy atom. The van der Waals surface area contributed by atoms with Crippen molar-refractivity contribution in [3.8, 4) is 0 Å². The lowest BCUT2D eigenvalue weighted by Crippen LogP contribution is -2.54. The number of hydrogen-bond donors (Lipinski definition) is 3. The number of likely N-dealkylation sites (N-methyl/N-ethyl adjacent to an activating group) is 1. The average Bonchev–Trinajstić information content (AvgIpc) is 2.78. The van der Waals surface area contributed by atoms with Crippen molar-refractivity contribution >= 4 is 15.9 Å². The first-order chi connectivity index (χ1) is 15.1. The van der Waals surface area contributed by atoms with Crippen molar-refractivity contribution in [1.82, 2.24) is 14.9 Å². The molecule has 0 heterocycles. The largest absolute Gasteiger partial charge is 0.390 e. The van der Waals surface area contributed by atoms with Gasteiger partial charge in [-0.25, -0.2) is 8.42 Å². The summed E-state index contributed by atoms with van der Waals surface area (Å²) in [7, 11) is -2.11. The first-order valence-corrected chi connectivity index (χ1v) is 12.3. The van der Waals surface area contributed by atoms with Gasteiger partial charge >= 0.3 is 0 Å². The maximum atomic E-state index is 13.3. The topological polar surface area (TPSA) is 98.7 Å². The van der Waals surface area contributed by atoms with Crippen LogP contribution in [-0.2, 0) is 21.2 Å². The Labute approximate surface area is 191 Å². The van der Waals surface area contributed by atoms with E-state index in [0.717, 1.165) is 5.56 Å². The number of carbonyl (C=O) groups is 1. The highest BCUT2D eigenvalue weighted by Gasteiger charge is 2.31. The Morgan fingerprint density at radius 3 is 2.06 bits per heavy atom. The molecule has 0 aliphatic heterocycles. The van der Waals surface area contributed by atoms with Crippen LogP contribution < -0.4 is 10.6 Å². The van der Waals surface area contributed by atoms with E-state index >= 15 is 0 Å². The summed E-state index contributed by atoms with van der Waals surface area (Å²) < 4.78 is 27.9. The fourth-order valence-corrected chi connectivity index (χ4v) is 4.99. The fourth-order valence-electron chi connectivity index (χ4n) is 3.35. The van der Waals surface area contributed by atoms with Crippen LogP contribution in [0.15, 0.2) is 65.6 Å². The quantitative estimate of drug-likeness (QED) is 0.449. The number of nitrogens with one attached hydrogen (secondary N) is 2. The second kappa shape index (κ2) is 12.1. The lowest BCUT2D eigenvalue weighted by molar-refractivity contribution is -0.124. The molecule has 2 rings (SSSR count). The molecular formula is C24H35N3O4S. The SMILES string of the molecule is CN[C@@H](C)C(=O)N[C@@H](Cc1ccccc1)[C@H](O)CN(CC(C)C)S(=O)(=O)c1ccccc1. The normalized spacial score (nSPS) is 14.8. The van der Waals surface area contributed by atoms with E-state index in [1.165, 1.54) is 4.31 Å². The van der Waals surface area contributed by atoms with Gasteiger partial charge in [-0.3, -0.25) is 4.79 Å². The zero-order chi connectivity index (χ0) is 23.7. The first-order valence-electron chi connectivity index (χ1n) is 10.9. The van der Waals surface area contributed by atoms with Gasteiger partial charge in [-0.05, 0) is 44.0 Å². The molecule has 3 N–H and O–H groups in total. The fraction of sp³-hybridized carbons (Fsp3) is 0.458. The molecule has 8 heteroatoms. The highest BCUT2D eigenvalue weighted by molar-refractivity contribution is 7.89. The molecule has 0 spiro atoms. The van der Waals surface area contributed by atoms with E-state index in [1.54, 1.807) is 44.3 Å². The summed E-state index contributed by atoms with van der Waals surface area (Å²) in [5, 5.41) is 16.9. The Morgan fingerprint density at radius 2 is 1.53 bits per heavy atom. The second-order valence-electron chi connectivity index (χ2n) is 8.41. The summed E-state index contributed by atoms with van der Waals surface area (Å²) in [5.74, 6) is -0.194. The molecule has 0 aromatic heterocycles. The van der Waals surface area contributed by atoms with E-state index in [0.29, 0.717) is 6.42 Å². The van der Waals surface area contributed by atoms with Crippen LogP contribution >= 0.6 is 0 Å². The second-order valence-corrected chi connectivity index (χ2v) is 10.3. The molecule has 0 saturated heterocycles. The van der Waals surface area contributed by atoms with E-state index in [4.69, 9.17) is 0 Å². The maximum absolute atomic E-state index is 13.3. The number of nitrogens with zero attached hydrogens (tertiary/aromatic N) is 1. The summed E-state index contributed by atoms with van der Waals surface area (Å²) in [6.45, 7) is 5.72. The van der Waals surface area contributed by atoms with E-state index in [1.807, 2.05) is 44.2 Å². The van der Waals surface area contributed by atoms with Crippen LogP contribution in [0.2, 0.25) is 0 Å². The van der Waals surface area contributed by atoms with Gasteiger partial charge in [0.25, 0.3) is 0 Å². The van der Waals surface area contributed by atoms with Crippen LogP contribution in [0, 0.1) is 5.92 Å². The summed E-state index contributed by atoms with van der Waals surface area (Å²) >= 11 is 0. The van der Waals surface area contributed by atoms with Gasteiger partial charge in [0.2, 0.25) is 15.9 Å². The van der Waals surface area contributed by atoms with Gasteiger partial charge < -0.3 is 15.7 Å². The van der Waals surface area contributed by atoms with Crippen molar-refractivity contribution in [3.05, 3.63) is 66.2 Å². The van der Waals surface area contributed by atoms with Gasteiger partial charge in [0.05, 0.1) is 23.1 Å². The van der Waals surface area contributed by atoms with Gasteiger partial charge in [-0.15, -0.1) is 0 Å². The van der Waals surface area contributed by atoms with E-state index in [9.17, 15) is 18.3 Å². The zero-order valence-electron chi connectivity index (χ0n) is 19.2. The smallest absolute Gasteiger partial charge is 0.243 e. The van der Waals surface area contributed by atoms with Gasteiger partial charge in [0.1, 0.15) is 0 Å². The van der Waals surface area contributed by atoms with Crippen LogP contribution in [0.1, 0.15) is 26.3 Å². The summed E-state index contributed by atoms with van der Waals surface area (Å²) in [5.41, 5.74) is 0.940. The summed E-state index contributed by atoms with van der Waals surface area (Å²) in [6, 6.07) is 16.6. The van der Waals surface area contributed by atoms with E-state index < -0.39 is 28.2 Å². The zero-order valence-corrected chi connectivity index (χ0v) is 20.0. The number of amides is 1. The molecule has 1 amide bonds. The third-order valence-corrected chi connectivity index (χ3v) is 7.10. The number of hydrogen-bond acceptors (Lipinski definition) is 5. The molecule has 0 fully saturated rings. The minimum atomic E-state index is -3.80. The van der Waals surface area contributed by atoms with Gasteiger partial charge in [0.15, 0.2) is 0 Å².